The van der Waals surface area contributed by atoms with E-state index in [0.717, 1.165) is 24.0 Å². The summed E-state index contributed by atoms with van der Waals surface area (Å²) in [5.74, 6) is 0.1000. The number of benzene rings is 2. The Morgan fingerprint density at radius 2 is 1.68 bits per heavy atom. The summed E-state index contributed by atoms with van der Waals surface area (Å²) in [6.07, 6.45) is 4.90. The van der Waals surface area contributed by atoms with Gasteiger partial charge in [0.15, 0.2) is 0 Å². The fourth-order valence-corrected chi connectivity index (χ4v) is 6.37. The van der Waals surface area contributed by atoms with Gasteiger partial charge in [-0.05, 0) is 37.8 Å². The molecule has 204 valence electrons. The third-order valence-electron chi connectivity index (χ3n) is 8.24. The first-order valence-electron chi connectivity index (χ1n) is 13.7. The monoisotopic (exact) mass is 520 g/mol. The van der Waals surface area contributed by atoms with Gasteiger partial charge in [-0.25, -0.2) is 4.79 Å². The molecule has 7 heteroatoms. The summed E-state index contributed by atoms with van der Waals surface area (Å²) < 4.78 is 19.1. The Morgan fingerprint density at radius 3 is 2.34 bits per heavy atom. The summed E-state index contributed by atoms with van der Waals surface area (Å²) in [4.78, 5) is 18.1. The standard InChI is InChI=1S/C31H40N2O5/c1-22-27(21-36-19-23-11-6-4-7-12-23)32-25(18-29(22)37-20-24-13-8-5-9-14-24)17-26-28(15-10-16-34)38-31(2,3)33(26)30(32)35/h4-15,22,25-29,34H,16-21H2,1-3H3/b15-10+/t22-,25+,26-,27-,28-,29+/m1/s1. The number of hydrogen-bond donors (Lipinski definition) is 1. The summed E-state index contributed by atoms with van der Waals surface area (Å²) in [6.45, 7) is 7.51. The van der Waals surface area contributed by atoms with E-state index in [2.05, 4.69) is 36.1 Å². The number of carbonyl (C=O) groups excluding carboxylic acids is 1. The number of nitrogens with zero attached hydrogens (tertiary/aromatic N) is 2. The van der Waals surface area contributed by atoms with Crippen molar-refractivity contribution >= 4 is 6.03 Å². The van der Waals surface area contributed by atoms with Gasteiger partial charge < -0.3 is 24.2 Å². The average Bonchev–Trinajstić information content (AvgIpc) is 3.18. The van der Waals surface area contributed by atoms with Crippen LogP contribution in [0.25, 0.3) is 0 Å². The van der Waals surface area contributed by atoms with Crippen LogP contribution in [0, 0.1) is 5.92 Å². The molecule has 0 aromatic heterocycles. The molecule has 2 aromatic rings. The Hall–Kier alpha value is -2.71. The topological polar surface area (TPSA) is 71.5 Å². The lowest BCUT2D eigenvalue weighted by atomic mass is 9.80. The molecule has 2 aromatic carbocycles. The second-order valence-electron chi connectivity index (χ2n) is 11.2. The predicted molar refractivity (Wildman–Crippen MR) is 145 cm³/mol. The largest absolute Gasteiger partial charge is 0.392 e. The Balaban J connectivity index is 1.38. The fraction of sp³-hybridized carbons (Fsp3) is 0.516. The van der Waals surface area contributed by atoms with E-state index in [9.17, 15) is 9.90 Å². The maximum atomic E-state index is 14.2. The van der Waals surface area contributed by atoms with E-state index in [1.54, 1.807) is 6.08 Å². The van der Waals surface area contributed by atoms with E-state index in [1.807, 2.05) is 61.2 Å². The zero-order valence-corrected chi connectivity index (χ0v) is 22.6. The van der Waals surface area contributed by atoms with Crippen molar-refractivity contribution in [3.05, 3.63) is 83.9 Å². The fourth-order valence-electron chi connectivity index (χ4n) is 6.37. The smallest absolute Gasteiger partial charge is 0.323 e. The molecule has 0 saturated carbocycles. The zero-order chi connectivity index (χ0) is 26.7. The average molecular weight is 521 g/mol. The molecule has 0 unspecified atom stereocenters. The highest BCUT2D eigenvalue weighted by atomic mass is 16.5. The molecule has 0 radical (unpaired) electrons. The van der Waals surface area contributed by atoms with E-state index in [0.29, 0.717) is 19.8 Å². The van der Waals surface area contributed by atoms with Crippen LogP contribution in [0.2, 0.25) is 0 Å². The number of piperidine rings is 1. The number of aliphatic hydroxyl groups excluding tert-OH is 1. The second-order valence-corrected chi connectivity index (χ2v) is 11.2. The van der Waals surface area contributed by atoms with Crippen LogP contribution in [0.3, 0.4) is 0 Å². The van der Waals surface area contributed by atoms with E-state index in [4.69, 9.17) is 14.2 Å². The molecule has 3 aliphatic heterocycles. The van der Waals surface area contributed by atoms with Crippen molar-refractivity contribution in [2.24, 2.45) is 5.92 Å². The van der Waals surface area contributed by atoms with E-state index in [1.165, 1.54) is 0 Å². The molecule has 0 bridgehead atoms. The highest BCUT2D eigenvalue weighted by molar-refractivity contribution is 5.78. The second kappa shape index (κ2) is 11.6. The number of carbonyl (C=O) groups is 1. The summed E-state index contributed by atoms with van der Waals surface area (Å²) in [7, 11) is 0. The Morgan fingerprint density at radius 1 is 1.03 bits per heavy atom. The Kier molecular flexibility index (Phi) is 8.19. The van der Waals surface area contributed by atoms with Gasteiger partial charge in [0.1, 0.15) is 5.72 Å². The number of amides is 2. The van der Waals surface area contributed by atoms with Gasteiger partial charge in [-0.1, -0.05) is 79.7 Å². The molecule has 38 heavy (non-hydrogen) atoms. The van der Waals surface area contributed by atoms with Crippen molar-refractivity contribution in [1.82, 2.24) is 9.80 Å². The van der Waals surface area contributed by atoms with Gasteiger partial charge in [-0.2, -0.15) is 0 Å². The van der Waals surface area contributed by atoms with Gasteiger partial charge >= 0.3 is 6.03 Å². The minimum absolute atomic E-state index is 0.00202. The third-order valence-corrected chi connectivity index (χ3v) is 8.24. The minimum Gasteiger partial charge on any atom is -0.392 e. The van der Waals surface area contributed by atoms with Gasteiger partial charge in [0.25, 0.3) is 0 Å². The maximum absolute atomic E-state index is 14.2. The summed E-state index contributed by atoms with van der Waals surface area (Å²) in [5, 5.41) is 9.35. The molecule has 3 aliphatic rings. The number of aliphatic hydroxyl groups is 1. The SMILES string of the molecule is C[C@H]1[C@@H](OCc2ccccc2)C[C@@H]2C[C@@H]3[C@@H](/C=C/CO)OC(C)(C)N3C(=O)N2[C@@H]1COCc1ccccc1. The molecule has 3 heterocycles. The van der Waals surface area contributed by atoms with Crippen LogP contribution in [0.5, 0.6) is 0 Å². The lowest BCUT2D eigenvalue weighted by molar-refractivity contribution is -0.116. The normalized spacial score (nSPS) is 30.5. The van der Waals surface area contributed by atoms with Crippen molar-refractivity contribution in [2.75, 3.05) is 13.2 Å². The first-order chi connectivity index (χ1) is 18.4. The number of hydrogen-bond acceptors (Lipinski definition) is 5. The molecular formula is C31H40N2O5. The van der Waals surface area contributed by atoms with Crippen LogP contribution >= 0.6 is 0 Å². The molecule has 0 spiro atoms. The maximum Gasteiger partial charge on any atom is 0.323 e. The highest BCUT2D eigenvalue weighted by Gasteiger charge is 2.58. The molecule has 6 atom stereocenters. The zero-order valence-electron chi connectivity index (χ0n) is 22.6. The summed E-state index contributed by atoms with van der Waals surface area (Å²) in [6, 6.07) is 20.2. The Bertz CT molecular complexity index is 1090. The van der Waals surface area contributed by atoms with Crippen molar-refractivity contribution in [1.29, 1.82) is 0 Å². The molecular weight excluding hydrogens is 480 g/mol. The van der Waals surface area contributed by atoms with Crippen molar-refractivity contribution in [3.63, 3.8) is 0 Å². The first kappa shape index (κ1) is 26.9. The lowest BCUT2D eigenvalue weighted by Crippen LogP contribution is -2.69. The van der Waals surface area contributed by atoms with Crippen molar-refractivity contribution < 1.29 is 24.1 Å². The molecule has 3 fully saturated rings. The van der Waals surface area contributed by atoms with Crippen molar-refractivity contribution in [3.8, 4) is 0 Å². The van der Waals surface area contributed by atoms with Crippen LogP contribution in [0.15, 0.2) is 72.8 Å². The van der Waals surface area contributed by atoms with Gasteiger partial charge in [0.2, 0.25) is 0 Å². The summed E-state index contributed by atoms with van der Waals surface area (Å²) in [5.41, 5.74) is 1.52. The van der Waals surface area contributed by atoms with Crippen LogP contribution in [-0.4, -0.2) is 70.2 Å². The molecule has 5 rings (SSSR count). The molecule has 3 saturated heterocycles. The predicted octanol–water partition coefficient (Wildman–Crippen LogP) is 4.75. The highest BCUT2D eigenvalue weighted by Crippen LogP contribution is 2.44. The van der Waals surface area contributed by atoms with E-state index < -0.39 is 5.72 Å². The van der Waals surface area contributed by atoms with E-state index >= 15 is 0 Å². The molecule has 2 amide bonds. The van der Waals surface area contributed by atoms with Gasteiger partial charge in [-0.3, -0.25) is 4.90 Å². The lowest BCUT2D eigenvalue weighted by Gasteiger charge is -2.55. The van der Waals surface area contributed by atoms with E-state index in [-0.39, 0.29) is 48.9 Å². The number of fused-ring (bicyclic) bond motifs is 2. The number of urea groups is 1. The number of ether oxygens (including phenoxy) is 3. The molecule has 1 N–H and O–H groups in total. The molecule has 7 nitrogen and oxygen atoms in total. The quantitative estimate of drug-likeness (QED) is 0.484. The van der Waals surface area contributed by atoms with Crippen LogP contribution in [0.4, 0.5) is 4.79 Å². The van der Waals surface area contributed by atoms with Crippen molar-refractivity contribution in [2.45, 2.75) is 82.9 Å². The Labute approximate surface area is 226 Å². The molecule has 0 aliphatic carbocycles. The minimum atomic E-state index is -0.740. The first-order valence-corrected chi connectivity index (χ1v) is 13.7. The number of rotatable bonds is 9. The van der Waals surface area contributed by atoms with Crippen LogP contribution in [0.1, 0.15) is 44.7 Å². The van der Waals surface area contributed by atoms with Gasteiger partial charge in [-0.15, -0.1) is 0 Å². The third kappa shape index (κ3) is 5.52. The van der Waals surface area contributed by atoms with Gasteiger partial charge in [0.05, 0.1) is 50.7 Å². The van der Waals surface area contributed by atoms with Gasteiger partial charge in [0, 0.05) is 12.0 Å². The summed E-state index contributed by atoms with van der Waals surface area (Å²) >= 11 is 0. The van der Waals surface area contributed by atoms with Crippen LogP contribution < -0.4 is 0 Å². The van der Waals surface area contributed by atoms with Crippen LogP contribution in [-0.2, 0) is 27.4 Å².